The van der Waals surface area contributed by atoms with Gasteiger partial charge in [0, 0.05) is 30.7 Å². The maximum absolute atomic E-state index is 14.8. The van der Waals surface area contributed by atoms with Crippen LogP contribution in [-0.2, 0) is 29.8 Å². The highest BCUT2D eigenvalue weighted by Gasteiger charge is 2.53. The number of benzene rings is 3. The molecular formula is C30H28FN3O8S. The summed E-state index contributed by atoms with van der Waals surface area (Å²) in [4.78, 5) is 4.50. The van der Waals surface area contributed by atoms with E-state index in [2.05, 4.69) is 10.1 Å². The summed E-state index contributed by atoms with van der Waals surface area (Å²) in [5.74, 6) is -0.147. The van der Waals surface area contributed by atoms with Crippen LogP contribution in [0.4, 0.5) is 4.39 Å². The topological polar surface area (TPSA) is 156 Å². The molecule has 224 valence electrons. The average Bonchev–Trinajstić information content (AvgIpc) is 3.60. The van der Waals surface area contributed by atoms with Gasteiger partial charge in [0.05, 0.1) is 17.6 Å². The van der Waals surface area contributed by atoms with Gasteiger partial charge < -0.3 is 28.6 Å². The number of ether oxygens (including phenoxy) is 4. The van der Waals surface area contributed by atoms with E-state index in [0.29, 0.717) is 41.0 Å². The molecule has 2 bridgehead atoms. The lowest BCUT2D eigenvalue weighted by Gasteiger charge is -2.38. The molecule has 2 fully saturated rings. The Morgan fingerprint density at radius 2 is 1.88 bits per heavy atom. The van der Waals surface area contributed by atoms with Crippen molar-refractivity contribution in [1.82, 2.24) is 4.98 Å². The van der Waals surface area contributed by atoms with Crippen LogP contribution in [0.15, 0.2) is 87.3 Å². The molecule has 13 heteroatoms. The van der Waals surface area contributed by atoms with Crippen LogP contribution in [0.3, 0.4) is 0 Å². The summed E-state index contributed by atoms with van der Waals surface area (Å²) in [5.41, 5.74) is 1.09. The van der Waals surface area contributed by atoms with Crippen LogP contribution in [-0.4, -0.2) is 57.0 Å². The first kappa shape index (κ1) is 29.0. The summed E-state index contributed by atoms with van der Waals surface area (Å²) >= 11 is 0. The second-order valence-electron chi connectivity index (χ2n) is 10.2. The van der Waals surface area contributed by atoms with E-state index in [1.807, 2.05) is 30.3 Å². The monoisotopic (exact) mass is 609 g/mol. The second-order valence-corrected chi connectivity index (χ2v) is 11.8. The summed E-state index contributed by atoms with van der Waals surface area (Å²) in [5, 5.41) is 18.5. The number of halogens is 1. The minimum atomic E-state index is -3.89. The predicted octanol–water partition coefficient (Wildman–Crippen LogP) is 4.43. The van der Waals surface area contributed by atoms with Crippen molar-refractivity contribution in [3.63, 3.8) is 0 Å². The van der Waals surface area contributed by atoms with Crippen LogP contribution in [0.1, 0.15) is 24.3 Å². The van der Waals surface area contributed by atoms with E-state index in [1.165, 1.54) is 36.4 Å². The lowest BCUT2D eigenvalue weighted by Crippen LogP contribution is -2.46. The van der Waals surface area contributed by atoms with Gasteiger partial charge in [-0.2, -0.15) is 0 Å². The Labute approximate surface area is 246 Å². The summed E-state index contributed by atoms with van der Waals surface area (Å²) in [6, 6.07) is 19.1. The average molecular weight is 610 g/mol. The number of sulfonamides is 1. The number of primary sulfonamides is 1. The summed E-state index contributed by atoms with van der Waals surface area (Å²) in [6.07, 6.45) is 0.642. The first-order chi connectivity index (χ1) is 20.7. The van der Waals surface area contributed by atoms with E-state index in [1.54, 1.807) is 13.2 Å². The van der Waals surface area contributed by atoms with E-state index in [4.69, 9.17) is 28.5 Å². The maximum Gasteiger partial charge on any atom is 0.249 e. The van der Waals surface area contributed by atoms with E-state index in [9.17, 15) is 18.0 Å². The second kappa shape index (κ2) is 11.5. The van der Waals surface area contributed by atoms with Crippen LogP contribution in [0, 0.1) is 5.82 Å². The number of hydrogen-bond donors (Lipinski definition) is 2. The molecule has 11 nitrogen and oxygen atoms in total. The van der Waals surface area contributed by atoms with Crippen molar-refractivity contribution >= 4 is 15.7 Å². The fourth-order valence-corrected chi connectivity index (χ4v) is 5.91. The number of methoxy groups -OCH3 is 1. The minimum absolute atomic E-state index is 0.0517. The molecule has 0 aliphatic carbocycles. The zero-order chi connectivity index (χ0) is 30.2. The molecule has 2 aliphatic rings. The Morgan fingerprint density at radius 1 is 1.12 bits per heavy atom. The van der Waals surface area contributed by atoms with Gasteiger partial charge in [-0.15, -0.1) is 0 Å². The highest BCUT2D eigenvalue weighted by atomic mass is 32.2. The molecule has 3 heterocycles. The van der Waals surface area contributed by atoms with Gasteiger partial charge in [-0.05, 0) is 48.4 Å². The van der Waals surface area contributed by atoms with Crippen molar-refractivity contribution in [1.29, 1.82) is 0 Å². The molecule has 2 unspecified atom stereocenters. The quantitative estimate of drug-likeness (QED) is 0.159. The van der Waals surface area contributed by atoms with E-state index in [-0.39, 0.29) is 47.9 Å². The van der Waals surface area contributed by atoms with Crippen LogP contribution in [0.25, 0.3) is 22.6 Å². The first-order valence-corrected chi connectivity index (χ1v) is 14.9. The van der Waals surface area contributed by atoms with Gasteiger partial charge in [0.1, 0.15) is 29.5 Å². The molecule has 0 radical (unpaired) electrons. The number of fused-ring (bicyclic) bond motifs is 2. The third-order valence-electron chi connectivity index (χ3n) is 7.52. The number of nitrogens with zero attached hydrogens (tertiary/aromatic N) is 2. The van der Waals surface area contributed by atoms with Crippen molar-refractivity contribution < 1.29 is 41.4 Å². The zero-order valence-corrected chi connectivity index (χ0v) is 23.8. The van der Waals surface area contributed by atoms with Crippen molar-refractivity contribution in [2.45, 2.75) is 35.7 Å². The summed E-state index contributed by atoms with van der Waals surface area (Å²) in [7, 11) is -2.31. The maximum atomic E-state index is 14.8. The molecule has 6 rings (SSSR count). The van der Waals surface area contributed by atoms with Gasteiger partial charge in [0.15, 0.2) is 17.8 Å². The smallest absolute Gasteiger partial charge is 0.249 e. The van der Waals surface area contributed by atoms with Crippen LogP contribution >= 0.6 is 0 Å². The molecule has 2 aliphatic heterocycles. The van der Waals surface area contributed by atoms with Gasteiger partial charge in [-0.3, -0.25) is 0 Å². The molecule has 0 saturated carbocycles. The van der Waals surface area contributed by atoms with Gasteiger partial charge in [-0.25, -0.2) is 22.9 Å². The molecule has 3 aromatic carbocycles. The summed E-state index contributed by atoms with van der Waals surface area (Å²) in [6.45, 7) is -0.111. The largest absolute Gasteiger partial charge is 0.487 e. The van der Waals surface area contributed by atoms with Crippen molar-refractivity contribution in [2.75, 3.05) is 20.3 Å². The van der Waals surface area contributed by atoms with Crippen LogP contribution in [0.2, 0.25) is 0 Å². The molecule has 0 amide bonds. The number of aromatic nitrogens is 1. The predicted molar refractivity (Wildman–Crippen MR) is 152 cm³/mol. The lowest BCUT2D eigenvalue weighted by molar-refractivity contribution is -0.181. The molecule has 2 saturated heterocycles. The third kappa shape index (κ3) is 5.65. The Hall–Kier alpha value is -4.14. The van der Waals surface area contributed by atoms with Crippen molar-refractivity contribution in [2.24, 2.45) is 10.3 Å². The lowest BCUT2D eigenvalue weighted by atomic mass is 9.85. The molecular weight excluding hydrogens is 581 g/mol. The first-order valence-electron chi connectivity index (χ1n) is 13.4. The molecule has 43 heavy (non-hydrogen) atoms. The minimum Gasteiger partial charge on any atom is -0.487 e. The highest BCUT2D eigenvalue weighted by Crippen LogP contribution is 2.46. The number of oxime groups is 1. The van der Waals surface area contributed by atoms with Crippen molar-refractivity contribution in [3.05, 3.63) is 90.1 Å². The van der Waals surface area contributed by atoms with Crippen molar-refractivity contribution in [3.8, 4) is 28.3 Å². The summed E-state index contributed by atoms with van der Waals surface area (Å²) < 4.78 is 67.7. The molecule has 1 aromatic heterocycles. The molecule has 0 spiro atoms. The fraction of sp³-hybridized carbons (Fsp3) is 0.267. The van der Waals surface area contributed by atoms with Gasteiger partial charge >= 0.3 is 0 Å². The Balaban J connectivity index is 1.30. The van der Waals surface area contributed by atoms with E-state index < -0.39 is 21.4 Å². The van der Waals surface area contributed by atoms with Crippen LogP contribution in [0.5, 0.6) is 5.75 Å². The molecule has 3 atom stereocenters. The number of oxazole rings is 1. The Kier molecular flexibility index (Phi) is 7.75. The third-order valence-corrected chi connectivity index (χ3v) is 8.45. The van der Waals surface area contributed by atoms with Gasteiger partial charge in [-0.1, -0.05) is 35.5 Å². The van der Waals surface area contributed by atoms with Gasteiger partial charge in [0.2, 0.25) is 15.9 Å². The number of hydrogen-bond acceptors (Lipinski definition) is 10. The number of nitrogens with two attached hydrogens (primary N) is 1. The standard InChI is InChI=1S/C30H28FN3O8S/c1-38-25-11-12-26-40-17-30(25,42-26)20-13-21(31)15-22(14-20)39-16-24(34-35)29-33-27(18-5-3-2-4-6-18)28(41-29)19-7-9-23(10-8-19)43(32,36)37/h2-10,13-15,25-26,35H,11-12,16-17H2,1H3,(H2,32,36,37)/b34-24-/t25?,26?,30-/m1/s1. The highest BCUT2D eigenvalue weighted by molar-refractivity contribution is 7.89. The molecule has 3 N–H and O–H groups in total. The normalized spacial score (nSPS) is 22.1. The van der Waals surface area contributed by atoms with Gasteiger partial charge in [0.25, 0.3) is 0 Å². The fourth-order valence-electron chi connectivity index (χ4n) is 5.40. The number of rotatable bonds is 9. The zero-order valence-electron chi connectivity index (χ0n) is 23.0. The Morgan fingerprint density at radius 3 is 2.58 bits per heavy atom. The Bertz CT molecular complexity index is 1760. The van der Waals surface area contributed by atoms with E-state index in [0.717, 1.165) is 0 Å². The molecule has 4 aromatic rings. The van der Waals surface area contributed by atoms with E-state index >= 15 is 0 Å². The van der Waals surface area contributed by atoms with Crippen LogP contribution < -0.4 is 9.88 Å². The SMILES string of the molecule is COC1CCC2OC[C@]1(c1cc(F)cc(OC/C(=N/O)c3nc(-c4ccccc4)c(-c4ccc(S(N)(=O)=O)cc4)o3)c1)O2.